The van der Waals surface area contributed by atoms with E-state index in [2.05, 4.69) is 16.9 Å². The van der Waals surface area contributed by atoms with Gasteiger partial charge in [-0.2, -0.15) is 5.26 Å². The Hall–Kier alpha value is -1.43. The molecule has 1 rings (SSSR count). The van der Waals surface area contributed by atoms with Crippen molar-refractivity contribution < 1.29 is 0 Å². The highest BCUT2D eigenvalue weighted by Crippen LogP contribution is 1.99. The predicted octanol–water partition coefficient (Wildman–Crippen LogP) is 1.50. The summed E-state index contributed by atoms with van der Waals surface area (Å²) in [5, 5.41) is 8.41. The normalized spacial score (nSPS) is 9.33. The Balaban J connectivity index is 2.75. The zero-order valence-corrected chi connectivity index (χ0v) is 7.12. The number of nitriles is 1. The van der Waals surface area contributed by atoms with Gasteiger partial charge in [-0.3, -0.25) is 0 Å². The first-order valence-corrected chi connectivity index (χ1v) is 4.04. The molecule has 12 heavy (non-hydrogen) atoms. The quantitative estimate of drug-likeness (QED) is 0.674. The first-order chi connectivity index (χ1) is 5.86. The molecule has 1 heterocycles. The molecule has 0 unspecified atom stereocenters. The predicted molar refractivity (Wildman–Crippen MR) is 45.3 cm³/mol. The van der Waals surface area contributed by atoms with Gasteiger partial charge in [0.25, 0.3) is 0 Å². The highest BCUT2D eigenvalue weighted by Gasteiger charge is 1.96. The van der Waals surface area contributed by atoms with Gasteiger partial charge in [0.05, 0.1) is 12.5 Å². The van der Waals surface area contributed by atoms with Gasteiger partial charge in [-0.1, -0.05) is 13.3 Å². The summed E-state index contributed by atoms with van der Waals surface area (Å²) in [6.45, 7) is 2.10. The van der Waals surface area contributed by atoms with Crippen LogP contribution in [0.4, 0.5) is 0 Å². The summed E-state index contributed by atoms with van der Waals surface area (Å²) in [4.78, 5) is 8.20. The lowest BCUT2D eigenvalue weighted by molar-refractivity contribution is 0.847. The highest BCUT2D eigenvalue weighted by molar-refractivity contribution is 5.04. The van der Waals surface area contributed by atoms with Crippen molar-refractivity contribution in [3.63, 3.8) is 0 Å². The van der Waals surface area contributed by atoms with Crippen LogP contribution in [0.5, 0.6) is 0 Å². The van der Waals surface area contributed by atoms with Crippen molar-refractivity contribution in [2.24, 2.45) is 0 Å². The highest BCUT2D eigenvalue weighted by atomic mass is 14.9. The largest absolute Gasteiger partial charge is 0.240 e. The van der Waals surface area contributed by atoms with Gasteiger partial charge in [0.2, 0.25) is 0 Å². The van der Waals surface area contributed by atoms with Gasteiger partial charge in [-0.15, -0.1) is 0 Å². The SMILES string of the molecule is CCCc1ccnc(CC#N)n1. The molecule has 1 aromatic heterocycles. The second-order valence-electron chi connectivity index (χ2n) is 2.55. The molecule has 1 aromatic rings. The van der Waals surface area contributed by atoms with Crippen LogP contribution in [0.2, 0.25) is 0 Å². The Morgan fingerprint density at radius 1 is 1.58 bits per heavy atom. The molecule has 0 aliphatic carbocycles. The Kier molecular flexibility index (Phi) is 3.21. The molecule has 0 atom stereocenters. The van der Waals surface area contributed by atoms with Crippen molar-refractivity contribution in [1.29, 1.82) is 5.26 Å². The molecule has 3 nitrogen and oxygen atoms in total. The molecule has 0 spiro atoms. The third-order valence-corrected chi connectivity index (χ3v) is 1.51. The molecule has 0 saturated heterocycles. The van der Waals surface area contributed by atoms with Gasteiger partial charge in [0.15, 0.2) is 0 Å². The van der Waals surface area contributed by atoms with Crippen LogP contribution in [0.15, 0.2) is 12.3 Å². The lowest BCUT2D eigenvalue weighted by Crippen LogP contribution is -1.97. The minimum atomic E-state index is 0.303. The number of aryl methyl sites for hydroxylation is 1. The van der Waals surface area contributed by atoms with E-state index >= 15 is 0 Å². The van der Waals surface area contributed by atoms with E-state index in [1.807, 2.05) is 12.1 Å². The van der Waals surface area contributed by atoms with Crippen LogP contribution in [-0.2, 0) is 12.8 Å². The summed E-state index contributed by atoms with van der Waals surface area (Å²) in [6, 6.07) is 3.92. The fourth-order valence-electron chi connectivity index (χ4n) is 0.993. The van der Waals surface area contributed by atoms with E-state index in [0.717, 1.165) is 18.5 Å². The Bertz CT molecular complexity index is 288. The third-order valence-electron chi connectivity index (χ3n) is 1.51. The maximum absolute atomic E-state index is 8.41. The monoisotopic (exact) mass is 161 g/mol. The van der Waals surface area contributed by atoms with Gasteiger partial charge in [0, 0.05) is 11.9 Å². The van der Waals surface area contributed by atoms with E-state index in [0.29, 0.717) is 12.2 Å². The Morgan fingerprint density at radius 3 is 3.08 bits per heavy atom. The molecule has 62 valence electrons. The minimum absolute atomic E-state index is 0.303. The molecule has 0 bridgehead atoms. The zero-order chi connectivity index (χ0) is 8.81. The van der Waals surface area contributed by atoms with Crippen LogP contribution in [0.1, 0.15) is 24.9 Å². The number of aromatic nitrogens is 2. The van der Waals surface area contributed by atoms with Crippen LogP contribution >= 0.6 is 0 Å². The molecule has 0 aliphatic rings. The maximum atomic E-state index is 8.41. The van der Waals surface area contributed by atoms with E-state index in [1.165, 1.54) is 0 Å². The number of nitrogens with zero attached hydrogens (tertiary/aromatic N) is 3. The van der Waals surface area contributed by atoms with E-state index in [-0.39, 0.29) is 0 Å². The van der Waals surface area contributed by atoms with Crippen LogP contribution in [-0.4, -0.2) is 9.97 Å². The van der Waals surface area contributed by atoms with E-state index in [9.17, 15) is 0 Å². The molecule has 0 saturated carbocycles. The van der Waals surface area contributed by atoms with Crippen molar-refractivity contribution >= 4 is 0 Å². The second-order valence-corrected chi connectivity index (χ2v) is 2.55. The second kappa shape index (κ2) is 4.45. The summed E-state index contributed by atoms with van der Waals surface area (Å²) >= 11 is 0. The molecule has 0 amide bonds. The van der Waals surface area contributed by atoms with Gasteiger partial charge < -0.3 is 0 Å². The van der Waals surface area contributed by atoms with Crippen LogP contribution in [0, 0.1) is 11.3 Å². The molecule has 3 heteroatoms. The topological polar surface area (TPSA) is 49.6 Å². The van der Waals surface area contributed by atoms with Gasteiger partial charge in [-0.25, -0.2) is 9.97 Å². The van der Waals surface area contributed by atoms with Crippen molar-refractivity contribution in [2.75, 3.05) is 0 Å². The Labute approximate surface area is 72.1 Å². The standard InChI is InChI=1S/C9H11N3/c1-2-3-8-5-7-11-9(12-8)4-6-10/h5,7H,2-4H2,1H3. The van der Waals surface area contributed by atoms with Gasteiger partial charge in [0.1, 0.15) is 5.82 Å². The number of hydrogen-bond donors (Lipinski definition) is 0. The first-order valence-electron chi connectivity index (χ1n) is 4.04. The number of hydrogen-bond acceptors (Lipinski definition) is 3. The molecule has 0 aliphatic heterocycles. The molecule has 0 N–H and O–H groups in total. The lowest BCUT2D eigenvalue weighted by Gasteiger charge is -1.97. The zero-order valence-electron chi connectivity index (χ0n) is 7.12. The molecular formula is C9H11N3. The average Bonchev–Trinajstić information content (AvgIpc) is 2.06. The fourth-order valence-corrected chi connectivity index (χ4v) is 0.993. The average molecular weight is 161 g/mol. The lowest BCUT2D eigenvalue weighted by atomic mass is 10.2. The van der Waals surface area contributed by atoms with Gasteiger partial charge >= 0.3 is 0 Å². The van der Waals surface area contributed by atoms with Crippen molar-refractivity contribution in [3.8, 4) is 6.07 Å². The summed E-state index contributed by atoms with van der Waals surface area (Å²) in [7, 11) is 0. The van der Waals surface area contributed by atoms with Crippen LogP contribution in [0.3, 0.4) is 0 Å². The maximum Gasteiger partial charge on any atom is 0.142 e. The Morgan fingerprint density at radius 2 is 2.42 bits per heavy atom. The van der Waals surface area contributed by atoms with Crippen molar-refractivity contribution in [1.82, 2.24) is 9.97 Å². The molecule has 0 fully saturated rings. The molecule has 0 radical (unpaired) electrons. The van der Waals surface area contributed by atoms with Crippen LogP contribution < -0.4 is 0 Å². The fraction of sp³-hybridized carbons (Fsp3) is 0.444. The van der Waals surface area contributed by atoms with E-state index < -0.39 is 0 Å². The van der Waals surface area contributed by atoms with Crippen molar-refractivity contribution in [2.45, 2.75) is 26.2 Å². The smallest absolute Gasteiger partial charge is 0.142 e. The molecule has 0 aromatic carbocycles. The van der Waals surface area contributed by atoms with Crippen molar-refractivity contribution in [3.05, 3.63) is 23.8 Å². The summed E-state index contributed by atoms with van der Waals surface area (Å²) in [5.74, 6) is 0.628. The van der Waals surface area contributed by atoms with Crippen LogP contribution in [0.25, 0.3) is 0 Å². The van der Waals surface area contributed by atoms with Gasteiger partial charge in [-0.05, 0) is 12.5 Å². The first kappa shape index (κ1) is 8.66. The molecular weight excluding hydrogens is 150 g/mol. The van der Waals surface area contributed by atoms with E-state index in [1.54, 1.807) is 6.20 Å². The summed E-state index contributed by atoms with van der Waals surface area (Å²) < 4.78 is 0. The summed E-state index contributed by atoms with van der Waals surface area (Å²) in [5.41, 5.74) is 1.03. The summed E-state index contributed by atoms with van der Waals surface area (Å²) in [6.07, 6.45) is 4.05. The minimum Gasteiger partial charge on any atom is -0.240 e. The van der Waals surface area contributed by atoms with E-state index in [4.69, 9.17) is 5.26 Å². The number of rotatable bonds is 3. The third kappa shape index (κ3) is 2.31.